The van der Waals surface area contributed by atoms with Crippen LogP contribution in [-0.2, 0) is 9.47 Å². The van der Waals surface area contributed by atoms with Crippen molar-refractivity contribution in [3.05, 3.63) is 92.2 Å². The molecule has 6 rings (SSSR count). The van der Waals surface area contributed by atoms with E-state index in [1.807, 2.05) is 0 Å². The normalized spacial score (nSPS) is 15.7. The molecule has 3 aromatic carbocycles. The molecule has 0 saturated carbocycles. The van der Waals surface area contributed by atoms with E-state index in [1.165, 1.54) is 36.4 Å². The van der Waals surface area contributed by atoms with Gasteiger partial charge in [0, 0.05) is 21.5 Å². The molecule has 0 N–H and O–H groups in total. The summed E-state index contributed by atoms with van der Waals surface area (Å²) in [4.78, 5) is 52.3. The molecule has 0 spiro atoms. The zero-order valence-electron chi connectivity index (χ0n) is 22.1. The molecule has 40 heavy (non-hydrogen) atoms. The fourth-order valence-electron chi connectivity index (χ4n) is 4.75. The maximum atomic E-state index is 13.2. The van der Waals surface area contributed by atoms with Crippen molar-refractivity contribution in [2.75, 3.05) is 13.2 Å². The van der Waals surface area contributed by atoms with E-state index in [9.17, 15) is 19.2 Å². The number of rotatable bonds is 0. The Morgan fingerprint density at radius 3 is 1.18 bits per heavy atom. The summed E-state index contributed by atoms with van der Waals surface area (Å²) in [6.45, 7) is 0.513. The van der Waals surface area contributed by atoms with Crippen LogP contribution in [0.3, 0.4) is 0 Å². The number of carbonyl (C=O) groups is 2. The van der Waals surface area contributed by atoms with Gasteiger partial charge in [-0.3, -0.25) is 18.7 Å². The van der Waals surface area contributed by atoms with E-state index < -0.39 is 11.9 Å². The molecule has 0 radical (unpaired) electrons. The molecule has 0 fully saturated rings. The molecule has 0 aliphatic carbocycles. The number of fused-ring (bicyclic) bond motifs is 2. The molecule has 5 aromatic rings. The molecule has 8 heteroatoms. The van der Waals surface area contributed by atoms with Gasteiger partial charge in [0.15, 0.2) is 22.0 Å². The van der Waals surface area contributed by atoms with Gasteiger partial charge in [-0.25, -0.2) is 9.59 Å². The molecule has 0 unspecified atom stereocenters. The topological polar surface area (TPSA) is 113 Å². The van der Waals surface area contributed by atoms with Gasteiger partial charge in [0.25, 0.3) is 0 Å². The lowest BCUT2D eigenvalue weighted by atomic mass is 10.1. The number of esters is 2. The Hall–Kier alpha value is -4.46. The van der Waals surface area contributed by atoms with Crippen LogP contribution in [0, 0.1) is 0 Å². The molecule has 0 amide bonds. The van der Waals surface area contributed by atoms with E-state index in [2.05, 4.69) is 0 Å². The number of ether oxygens (including phenoxy) is 2. The summed E-state index contributed by atoms with van der Waals surface area (Å²) in [6.07, 6.45) is 7.66. The molecular formula is C32H30O8. The number of benzene rings is 3. The van der Waals surface area contributed by atoms with Crippen molar-refractivity contribution in [3.63, 3.8) is 0 Å². The van der Waals surface area contributed by atoms with E-state index in [0.717, 1.165) is 51.4 Å². The Labute approximate surface area is 229 Å². The van der Waals surface area contributed by atoms with Crippen molar-refractivity contribution in [2.45, 2.75) is 51.4 Å². The zero-order valence-corrected chi connectivity index (χ0v) is 22.1. The molecule has 1 aliphatic heterocycles. The molecule has 3 heterocycles. The maximum absolute atomic E-state index is 13.2. The number of cyclic esters (lactones) is 2. The second-order valence-corrected chi connectivity index (χ2v) is 9.92. The SMILES string of the molecule is O=C1OCCCCCCCCCCOC(=O)c2ccc3cc2ooc2cc(ccc21)c(=O)c1ccc(cc1)c3=O. The molecular weight excluding hydrogens is 512 g/mol. The van der Waals surface area contributed by atoms with Crippen LogP contribution in [0.1, 0.15) is 72.1 Å². The van der Waals surface area contributed by atoms with E-state index in [4.69, 9.17) is 18.6 Å². The zero-order chi connectivity index (χ0) is 27.9. The van der Waals surface area contributed by atoms with Gasteiger partial charge in [0.1, 0.15) is 11.1 Å². The lowest BCUT2D eigenvalue weighted by Gasteiger charge is -2.07. The summed E-state index contributed by atoms with van der Waals surface area (Å²) in [5, 5.41) is 1.22. The Balaban J connectivity index is 1.74. The fourth-order valence-corrected chi connectivity index (χ4v) is 4.75. The van der Waals surface area contributed by atoms with Gasteiger partial charge in [0.2, 0.25) is 0 Å². The number of hydrogen-bond acceptors (Lipinski definition) is 8. The Kier molecular flexibility index (Phi) is 8.54. The van der Waals surface area contributed by atoms with Crippen LogP contribution in [0.5, 0.6) is 0 Å². The predicted octanol–water partition coefficient (Wildman–Crippen LogP) is 6.63. The van der Waals surface area contributed by atoms with Crippen LogP contribution >= 0.6 is 0 Å². The van der Waals surface area contributed by atoms with Crippen molar-refractivity contribution in [1.29, 1.82) is 0 Å². The van der Waals surface area contributed by atoms with Crippen LogP contribution < -0.4 is 10.9 Å². The van der Waals surface area contributed by atoms with Gasteiger partial charge in [-0.1, -0.05) is 62.8 Å². The summed E-state index contributed by atoms with van der Waals surface area (Å²) in [5.74, 6) is -1.25. The first kappa shape index (κ1) is 27.1. The molecule has 206 valence electrons. The Morgan fingerprint density at radius 1 is 0.425 bits per heavy atom. The van der Waals surface area contributed by atoms with Crippen LogP contribution in [0.25, 0.3) is 32.7 Å². The molecule has 8 nitrogen and oxygen atoms in total. The smallest absolute Gasteiger partial charge is 0.342 e. The van der Waals surface area contributed by atoms with Crippen molar-refractivity contribution in [3.8, 4) is 0 Å². The van der Waals surface area contributed by atoms with E-state index in [1.54, 1.807) is 24.3 Å². The number of hydrogen-bond donors (Lipinski definition) is 0. The number of carbonyl (C=O) groups excluding carboxylic acids is 2. The van der Waals surface area contributed by atoms with Crippen molar-refractivity contribution < 1.29 is 28.2 Å². The van der Waals surface area contributed by atoms with Crippen molar-refractivity contribution >= 4 is 44.6 Å². The largest absolute Gasteiger partial charge is 0.462 e. The van der Waals surface area contributed by atoms with Gasteiger partial charge in [-0.05, 0) is 49.2 Å². The molecule has 0 saturated heterocycles. The third-order valence-corrected chi connectivity index (χ3v) is 7.06. The lowest BCUT2D eigenvalue weighted by Crippen LogP contribution is -2.08. The minimum absolute atomic E-state index is 0.0600. The first-order chi connectivity index (χ1) is 19.5. The fraction of sp³-hybridized carbons (Fsp3) is 0.312. The van der Waals surface area contributed by atoms with E-state index >= 15 is 0 Å². The average Bonchev–Trinajstić information content (AvgIpc) is 2.98. The van der Waals surface area contributed by atoms with E-state index in [-0.39, 0.29) is 57.1 Å². The van der Waals surface area contributed by atoms with Crippen molar-refractivity contribution in [2.24, 2.45) is 0 Å². The highest BCUT2D eigenvalue weighted by atomic mass is 17.0. The van der Waals surface area contributed by atoms with Gasteiger partial charge in [-0.2, -0.15) is 0 Å². The van der Waals surface area contributed by atoms with Crippen LogP contribution in [0.4, 0.5) is 0 Å². The Morgan fingerprint density at radius 2 is 0.775 bits per heavy atom. The maximum Gasteiger partial charge on any atom is 0.342 e. The summed E-state index contributed by atoms with van der Waals surface area (Å²) < 4.78 is 22.2. The summed E-state index contributed by atoms with van der Waals surface area (Å²) in [7, 11) is 0. The average molecular weight is 543 g/mol. The summed E-state index contributed by atoms with van der Waals surface area (Å²) in [5.41, 5.74) is -0.658. The lowest BCUT2D eigenvalue weighted by molar-refractivity contribution is 0.0462. The highest BCUT2D eigenvalue weighted by molar-refractivity contribution is 5.98. The second-order valence-electron chi connectivity index (χ2n) is 9.92. The first-order valence-corrected chi connectivity index (χ1v) is 13.7. The van der Waals surface area contributed by atoms with Crippen LogP contribution in [0.2, 0.25) is 0 Å². The highest BCUT2D eigenvalue weighted by Gasteiger charge is 2.16. The molecule has 1 aliphatic rings. The summed E-state index contributed by atoms with van der Waals surface area (Å²) in [6, 6.07) is 15.0. The first-order valence-electron chi connectivity index (χ1n) is 13.7. The molecule has 2 aromatic heterocycles. The Bertz CT molecular complexity index is 1600. The second kappa shape index (κ2) is 12.6. The van der Waals surface area contributed by atoms with Crippen LogP contribution in [-0.4, -0.2) is 25.2 Å². The van der Waals surface area contributed by atoms with Gasteiger partial charge in [-0.15, -0.1) is 0 Å². The minimum atomic E-state index is -0.624. The van der Waals surface area contributed by atoms with Crippen LogP contribution in [0.15, 0.2) is 79.4 Å². The van der Waals surface area contributed by atoms with Crippen molar-refractivity contribution in [1.82, 2.24) is 0 Å². The molecule has 6 bridgehead atoms. The third kappa shape index (κ3) is 6.22. The summed E-state index contributed by atoms with van der Waals surface area (Å²) >= 11 is 0. The predicted molar refractivity (Wildman–Crippen MR) is 151 cm³/mol. The van der Waals surface area contributed by atoms with Gasteiger partial charge < -0.3 is 9.47 Å². The monoisotopic (exact) mass is 542 g/mol. The minimum Gasteiger partial charge on any atom is -0.462 e. The van der Waals surface area contributed by atoms with Gasteiger partial charge in [0.05, 0.1) is 13.2 Å². The van der Waals surface area contributed by atoms with E-state index in [0.29, 0.717) is 10.8 Å². The highest BCUT2D eigenvalue weighted by Crippen LogP contribution is 2.19. The quantitative estimate of drug-likeness (QED) is 0.180. The standard InChI is InChI=1S/C32H30O8/c33-29-21-9-11-22(12-10-21)30(34)24-14-16-26-28(20-24)40-39-27-19-23(29)13-15-25(27)31(35)37-17-7-5-3-1-2-4-6-8-18-38-32(26)36/h9-16,19-20H,1-8,17-18H2. The molecule has 0 atom stereocenters. The third-order valence-electron chi connectivity index (χ3n) is 7.06. The van der Waals surface area contributed by atoms with Gasteiger partial charge >= 0.3 is 11.9 Å².